The molecule has 0 saturated heterocycles. The summed E-state index contributed by atoms with van der Waals surface area (Å²) in [5.74, 6) is -2.94. The molecule has 0 amide bonds. The average molecular weight is 244 g/mol. The Morgan fingerprint density at radius 1 is 1.00 bits per heavy atom. The predicted octanol–water partition coefficient (Wildman–Crippen LogP) is 3.55. The van der Waals surface area contributed by atoms with Gasteiger partial charge in [0.25, 0.3) is 5.92 Å². The summed E-state index contributed by atoms with van der Waals surface area (Å²) in [4.78, 5) is 10.5. The molecule has 0 N–H and O–H groups in total. The molecular formula is C15H10F2O. The van der Waals surface area contributed by atoms with Crippen LogP contribution in [0.1, 0.15) is 16.7 Å². The molecule has 0 saturated carbocycles. The average Bonchev–Trinajstić information content (AvgIpc) is 2.60. The maximum absolute atomic E-state index is 14.2. The highest BCUT2D eigenvalue weighted by Gasteiger charge is 2.43. The van der Waals surface area contributed by atoms with Crippen molar-refractivity contribution in [2.75, 3.05) is 0 Å². The normalized spacial score (nSPS) is 15.0. The van der Waals surface area contributed by atoms with Gasteiger partial charge in [-0.25, -0.2) is 0 Å². The molecule has 0 unspecified atom stereocenters. The number of alkyl halides is 2. The molecule has 0 aliphatic heterocycles. The van der Waals surface area contributed by atoms with Crippen LogP contribution in [-0.2, 0) is 17.1 Å². The molecule has 0 aromatic heterocycles. The minimum absolute atomic E-state index is 0.0262. The summed E-state index contributed by atoms with van der Waals surface area (Å²) in [6.45, 7) is 0. The van der Waals surface area contributed by atoms with Gasteiger partial charge in [0.2, 0.25) is 0 Å². The molecule has 90 valence electrons. The van der Waals surface area contributed by atoms with Crippen molar-refractivity contribution in [3.8, 4) is 11.1 Å². The van der Waals surface area contributed by atoms with Gasteiger partial charge < -0.3 is 4.79 Å². The summed E-state index contributed by atoms with van der Waals surface area (Å²) in [5, 5.41) is 0. The number of carbonyl (C=O) groups is 1. The van der Waals surface area contributed by atoms with Crippen LogP contribution in [0.3, 0.4) is 0 Å². The molecule has 1 aliphatic rings. The number of aldehydes is 1. The van der Waals surface area contributed by atoms with Gasteiger partial charge in [0.15, 0.2) is 0 Å². The van der Waals surface area contributed by atoms with Crippen LogP contribution >= 0.6 is 0 Å². The van der Waals surface area contributed by atoms with E-state index in [1.807, 2.05) is 0 Å². The van der Waals surface area contributed by atoms with Gasteiger partial charge in [-0.1, -0.05) is 42.5 Å². The Morgan fingerprint density at radius 2 is 1.72 bits per heavy atom. The third-order valence-electron chi connectivity index (χ3n) is 3.30. The van der Waals surface area contributed by atoms with Gasteiger partial charge in [-0.2, -0.15) is 8.78 Å². The third kappa shape index (κ3) is 1.40. The summed E-state index contributed by atoms with van der Waals surface area (Å²) in [6.07, 6.45) is 1.03. The van der Waals surface area contributed by atoms with Crippen LogP contribution in [0.15, 0.2) is 42.5 Å². The van der Waals surface area contributed by atoms with Crippen LogP contribution in [0, 0.1) is 0 Å². The fraction of sp³-hybridized carbons (Fsp3) is 0.133. The van der Waals surface area contributed by atoms with E-state index in [-0.39, 0.29) is 17.5 Å². The lowest BCUT2D eigenvalue weighted by molar-refractivity contribution is -0.107. The number of hydrogen-bond acceptors (Lipinski definition) is 1. The monoisotopic (exact) mass is 244 g/mol. The molecule has 1 nitrogen and oxygen atoms in total. The second-order valence-electron chi connectivity index (χ2n) is 4.37. The van der Waals surface area contributed by atoms with Gasteiger partial charge in [-0.15, -0.1) is 0 Å². The van der Waals surface area contributed by atoms with Crippen LogP contribution in [0.4, 0.5) is 8.78 Å². The van der Waals surface area contributed by atoms with E-state index < -0.39 is 5.92 Å². The maximum atomic E-state index is 14.2. The van der Waals surface area contributed by atoms with Crippen LogP contribution in [0.2, 0.25) is 0 Å². The minimum Gasteiger partial charge on any atom is -0.303 e. The fourth-order valence-electron chi connectivity index (χ4n) is 2.45. The lowest BCUT2D eigenvalue weighted by Gasteiger charge is -2.11. The van der Waals surface area contributed by atoms with Crippen molar-refractivity contribution in [1.82, 2.24) is 0 Å². The van der Waals surface area contributed by atoms with Crippen molar-refractivity contribution in [3.63, 3.8) is 0 Å². The molecule has 3 rings (SSSR count). The van der Waals surface area contributed by atoms with Gasteiger partial charge >= 0.3 is 0 Å². The minimum atomic E-state index is -2.94. The molecular weight excluding hydrogens is 234 g/mol. The summed E-state index contributed by atoms with van der Waals surface area (Å²) in [7, 11) is 0. The summed E-state index contributed by atoms with van der Waals surface area (Å²) < 4.78 is 28.4. The Morgan fingerprint density at radius 3 is 2.50 bits per heavy atom. The Hall–Kier alpha value is -2.03. The van der Waals surface area contributed by atoms with Crippen LogP contribution in [0.25, 0.3) is 11.1 Å². The predicted molar refractivity (Wildman–Crippen MR) is 64.6 cm³/mol. The number of rotatable bonds is 2. The van der Waals surface area contributed by atoms with Crippen molar-refractivity contribution < 1.29 is 13.6 Å². The first kappa shape index (κ1) is 11.1. The standard InChI is InChI=1S/C15H10F2O/c16-15(17)13-4-2-1-3-11(13)12-9-10(7-8-18)5-6-14(12)15/h1-6,8-9H,7H2. The second kappa shape index (κ2) is 3.73. The molecule has 0 radical (unpaired) electrons. The van der Waals surface area contributed by atoms with Crippen molar-refractivity contribution in [3.05, 3.63) is 59.2 Å². The number of halogens is 2. The zero-order chi connectivity index (χ0) is 12.8. The Labute approximate surface area is 103 Å². The van der Waals surface area contributed by atoms with Gasteiger partial charge in [-0.05, 0) is 16.7 Å². The van der Waals surface area contributed by atoms with Crippen molar-refractivity contribution >= 4 is 6.29 Å². The van der Waals surface area contributed by atoms with Crippen molar-refractivity contribution in [2.24, 2.45) is 0 Å². The highest BCUT2D eigenvalue weighted by Crippen LogP contribution is 2.50. The first-order valence-corrected chi connectivity index (χ1v) is 5.69. The van der Waals surface area contributed by atoms with E-state index >= 15 is 0 Å². The molecule has 0 spiro atoms. The summed E-state index contributed by atoms with van der Waals surface area (Å²) in [5.41, 5.74) is 1.93. The van der Waals surface area contributed by atoms with E-state index in [1.54, 1.807) is 30.3 Å². The topological polar surface area (TPSA) is 17.1 Å². The lowest BCUT2D eigenvalue weighted by atomic mass is 10.0. The fourth-order valence-corrected chi connectivity index (χ4v) is 2.45. The van der Waals surface area contributed by atoms with Gasteiger partial charge in [0.1, 0.15) is 6.29 Å². The zero-order valence-corrected chi connectivity index (χ0v) is 9.49. The van der Waals surface area contributed by atoms with E-state index in [0.717, 1.165) is 11.8 Å². The van der Waals surface area contributed by atoms with Crippen LogP contribution in [-0.4, -0.2) is 6.29 Å². The smallest absolute Gasteiger partial charge is 0.299 e. The second-order valence-corrected chi connectivity index (χ2v) is 4.37. The first-order chi connectivity index (χ1) is 8.64. The SMILES string of the molecule is O=CCc1ccc2c(c1)-c1ccccc1C2(F)F. The van der Waals surface area contributed by atoms with Crippen LogP contribution < -0.4 is 0 Å². The number of carbonyl (C=O) groups excluding carboxylic acids is 1. The molecule has 3 heteroatoms. The zero-order valence-electron chi connectivity index (χ0n) is 9.49. The Balaban J connectivity index is 2.26. The molecule has 18 heavy (non-hydrogen) atoms. The van der Waals surface area contributed by atoms with Crippen LogP contribution in [0.5, 0.6) is 0 Å². The molecule has 0 fully saturated rings. The van der Waals surface area contributed by atoms with Crippen molar-refractivity contribution in [2.45, 2.75) is 12.3 Å². The van der Waals surface area contributed by atoms with Gasteiger partial charge in [-0.3, -0.25) is 0 Å². The molecule has 0 atom stereocenters. The largest absolute Gasteiger partial charge is 0.303 e. The molecule has 0 bridgehead atoms. The lowest BCUT2D eigenvalue weighted by Crippen LogP contribution is -2.10. The van der Waals surface area contributed by atoms with E-state index in [9.17, 15) is 13.6 Å². The maximum Gasteiger partial charge on any atom is 0.299 e. The quantitative estimate of drug-likeness (QED) is 0.738. The van der Waals surface area contributed by atoms with E-state index in [0.29, 0.717) is 11.1 Å². The van der Waals surface area contributed by atoms with E-state index in [4.69, 9.17) is 0 Å². The summed E-state index contributed by atoms with van der Waals surface area (Å²) in [6, 6.07) is 11.2. The Bertz CT molecular complexity index is 632. The highest BCUT2D eigenvalue weighted by molar-refractivity contribution is 5.80. The summed E-state index contributed by atoms with van der Waals surface area (Å²) >= 11 is 0. The molecule has 0 heterocycles. The van der Waals surface area contributed by atoms with E-state index in [1.165, 1.54) is 12.1 Å². The van der Waals surface area contributed by atoms with Gasteiger partial charge in [0, 0.05) is 17.5 Å². The third-order valence-corrected chi connectivity index (χ3v) is 3.30. The molecule has 2 aromatic rings. The van der Waals surface area contributed by atoms with Crippen molar-refractivity contribution in [1.29, 1.82) is 0 Å². The first-order valence-electron chi connectivity index (χ1n) is 5.69. The molecule has 2 aromatic carbocycles. The highest BCUT2D eigenvalue weighted by atomic mass is 19.3. The van der Waals surface area contributed by atoms with Gasteiger partial charge in [0.05, 0.1) is 0 Å². The Kier molecular flexibility index (Phi) is 2.30. The molecule has 1 aliphatic carbocycles. The van der Waals surface area contributed by atoms with E-state index in [2.05, 4.69) is 0 Å². The number of fused-ring (bicyclic) bond motifs is 3. The number of benzene rings is 2. The number of hydrogen-bond donors (Lipinski definition) is 0.